The van der Waals surface area contributed by atoms with Crippen LogP contribution in [0.4, 0.5) is 13.2 Å². The fourth-order valence-corrected chi connectivity index (χ4v) is 2.66. The smallest absolute Gasteiger partial charge is 0.394 e. The molecule has 0 aliphatic heterocycles. The van der Waals surface area contributed by atoms with E-state index in [1.54, 1.807) is 24.3 Å². The molecule has 1 aromatic heterocycles. The zero-order chi connectivity index (χ0) is 18.2. The number of rotatable bonds is 5. The zero-order valence-electron chi connectivity index (χ0n) is 13.0. The van der Waals surface area contributed by atoms with Gasteiger partial charge in [-0.15, -0.1) is 0 Å². The van der Waals surface area contributed by atoms with Gasteiger partial charge in [-0.2, -0.15) is 18.3 Å². The number of nitrogens with zero attached hydrogens (tertiary/aromatic N) is 2. The molecule has 0 saturated heterocycles. The van der Waals surface area contributed by atoms with E-state index >= 15 is 0 Å². The topological polar surface area (TPSA) is 67.2 Å². The lowest BCUT2D eigenvalue weighted by Crippen LogP contribution is -2.39. The van der Waals surface area contributed by atoms with E-state index in [0.29, 0.717) is 11.1 Å². The number of hydrogen-bond acceptors (Lipinski definition) is 3. The number of aliphatic hydroxyl groups is 1. The van der Waals surface area contributed by atoms with E-state index in [1.807, 2.05) is 0 Å². The molecular weight excluding hydrogens is 359 g/mol. The number of carbonyl (C=O) groups is 1. The molecule has 1 amide bonds. The van der Waals surface area contributed by atoms with Crippen LogP contribution in [-0.2, 0) is 12.7 Å². The molecule has 0 spiro atoms. The van der Waals surface area contributed by atoms with Crippen LogP contribution in [0.3, 0.4) is 0 Å². The molecule has 1 aliphatic rings. The Morgan fingerprint density at radius 2 is 1.96 bits per heavy atom. The van der Waals surface area contributed by atoms with Gasteiger partial charge in [0, 0.05) is 11.8 Å². The van der Waals surface area contributed by atoms with E-state index in [1.165, 1.54) is 0 Å². The van der Waals surface area contributed by atoms with Gasteiger partial charge in [-0.05, 0) is 30.5 Å². The van der Waals surface area contributed by atoms with Crippen LogP contribution in [-0.4, -0.2) is 32.9 Å². The van der Waals surface area contributed by atoms with E-state index in [0.717, 1.165) is 23.7 Å². The van der Waals surface area contributed by atoms with Gasteiger partial charge in [-0.3, -0.25) is 9.48 Å². The second-order valence-corrected chi connectivity index (χ2v) is 6.52. The Morgan fingerprint density at radius 1 is 1.32 bits per heavy atom. The van der Waals surface area contributed by atoms with Crippen LogP contribution >= 0.6 is 11.6 Å². The molecule has 0 atom stereocenters. The van der Waals surface area contributed by atoms with E-state index in [9.17, 15) is 23.1 Å². The Labute approximate surface area is 146 Å². The molecule has 134 valence electrons. The molecule has 5 nitrogen and oxygen atoms in total. The summed E-state index contributed by atoms with van der Waals surface area (Å²) in [6, 6.07) is 6.42. The second-order valence-electron chi connectivity index (χ2n) is 6.11. The highest BCUT2D eigenvalue weighted by molar-refractivity contribution is 6.31. The number of halogens is 4. The normalized spacial score (nSPS) is 15.9. The van der Waals surface area contributed by atoms with Crippen LogP contribution in [0.1, 0.15) is 34.5 Å². The number of nitrogens with one attached hydrogen (secondary N) is 1. The number of aliphatic hydroxyl groups excluding tert-OH is 1. The van der Waals surface area contributed by atoms with Crippen molar-refractivity contribution in [2.24, 2.45) is 0 Å². The van der Waals surface area contributed by atoms with Crippen LogP contribution in [0.5, 0.6) is 0 Å². The first-order valence-electron chi connectivity index (χ1n) is 7.55. The molecule has 2 N–H and O–H groups in total. The van der Waals surface area contributed by atoms with Gasteiger partial charge in [0.05, 0.1) is 23.7 Å². The van der Waals surface area contributed by atoms with Gasteiger partial charge in [0.25, 0.3) is 5.91 Å². The quantitative estimate of drug-likeness (QED) is 0.847. The lowest BCUT2D eigenvalue weighted by Gasteiger charge is -2.14. The number of hydrogen-bond donors (Lipinski definition) is 2. The van der Waals surface area contributed by atoms with Gasteiger partial charge >= 0.3 is 6.18 Å². The van der Waals surface area contributed by atoms with Crippen molar-refractivity contribution < 1.29 is 23.1 Å². The Morgan fingerprint density at radius 3 is 2.44 bits per heavy atom. The molecule has 25 heavy (non-hydrogen) atoms. The summed E-state index contributed by atoms with van der Waals surface area (Å²) in [5.74, 6) is -0.292. The molecule has 9 heteroatoms. The summed E-state index contributed by atoms with van der Waals surface area (Å²) in [5, 5.41) is 15.0. The molecule has 1 heterocycles. The minimum Gasteiger partial charge on any atom is -0.394 e. The summed E-state index contributed by atoms with van der Waals surface area (Å²) in [5.41, 5.74) is -0.537. The zero-order valence-corrected chi connectivity index (χ0v) is 13.7. The van der Waals surface area contributed by atoms with E-state index in [2.05, 4.69) is 10.4 Å². The Kier molecular flexibility index (Phi) is 4.51. The van der Waals surface area contributed by atoms with Crippen molar-refractivity contribution in [2.75, 3.05) is 6.61 Å². The van der Waals surface area contributed by atoms with Gasteiger partial charge in [0.15, 0.2) is 5.69 Å². The Bertz CT molecular complexity index is 783. The number of amides is 1. The predicted molar refractivity (Wildman–Crippen MR) is 84.3 cm³/mol. The minimum atomic E-state index is -4.60. The first-order chi connectivity index (χ1) is 11.7. The van der Waals surface area contributed by atoms with Crippen molar-refractivity contribution in [1.82, 2.24) is 15.1 Å². The van der Waals surface area contributed by atoms with Crippen molar-refractivity contribution in [2.45, 2.75) is 31.1 Å². The molecule has 1 saturated carbocycles. The fraction of sp³-hybridized carbons (Fsp3) is 0.375. The minimum absolute atomic E-state index is 0.0955. The van der Waals surface area contributed by atoms with Gasteiger partial charge in [0.2, 0.25) is 0 Å². The highest BCUT2D eigenvalue weighted by atomic mass is 35.5. The van der Waals surface area contributed by atoms with Crippen LogP contribution in [0.15, 0.2) is 30.5 Å². The summed E-state index contributed by atoms with van der Waals surface area (Å²) in [7, 11) is 0. The highest BCUT2D eigenvalue weighted by Gasteiger charge is 2.43. The third-order valence-corrected chi connectivity index (χ3v) is 4.36. The third kappa shape index (κ3) is 3.96. The molecule has 0 bridgehead atoms. The van der Waals surface area contributed by atoms with Gasteiger partial charge in [0.1, 0.15) is 0 Å². The molecular formula is C16H15ClF3N3O2. The number of alkyl halides is 3. The summed E-state index contributed by atoms with van der Waals surface area (Å²) >= 11 is 5.57. The summed E-state index contributed by atoms with van der Waals surface area (Å²) in [6.45, 7) is -0.00328. The maximum Gasteiger partial charge on any atom is 0.436 e. The van der Waals surface area contributed by atoms with Crippen molar-refractivity contribution >= 4 is 17.5 Å². The van der Waals surface area contributed by atoms with Gasteiger partial charge < -0.3 is 10.4 Å². The molecule has 2 aromatic rings. The molecule has 0 radical (unpaired) electrons. The van der Waals surface area contributed by atoms with Crippen LogP contribution in [0.2, 0.25) is 5.02 Å². The number of benzene rings is 1. The van der Waals surface area contributed by atoms with Crippen molar-refractivity contribution in [3.05, 3.63) is 52.3 Å². The van der Waals surface area contributed by atoms with E-state index < -0.39 is 22.4 Å². The number of carbonyl (C=O) groups excluding carboxylic acids is 1. The van der Waals surface area contributed by atoms with Gasteiger partial charge in [-0.25, -0.2) is 0 Å². The summed E-state index contributed by atoms with van der Waals surface area (Å²) in [6.07, 6.45) is -2.00. The molecule has 3 rings (SSSR count). The third-order valence-electron chi connectivity index (χ3n) is 4.08. The molecule has 1 fully saturated rings. The maximum atomic E-state index is 12.7. The summed E-state index contributed by atoms with van der Waals surface area (Å²) in [4.78, 5) is 12.1. The van der Waals surface area contributed by atoms with Crippen molar-refractivity contribution in [1.29, 1.82) is 0 Å². The highest BCUT2D eigenvalue weighted by Crippen LogP contribution is 2.35. The Balaban J connectivity index is 1.68. The van der Waals surface area contributed by atoms with Gasteiger partial charge in [-0.1, -0.05) is 23.7 Å². The molecule has 1 aliphatic carbocycles. The maximum absolute atomic E-state index is 12.7. The van der Waals surface area contributed by atoms with Crippen LogP contribution in [0.25, 0.3) is 0 Å². The van der Waals surface area contributed by atoms with E-state index in [4.69, 9.17) is 11.6 Å². The average Bonchev–Trinajstić information content (AvgIpc) is 3.22. The fourth-order valence-electron chi connectivity index (χ4n) is 2.41. The lowest BCUT2D eigenvalue weighted by molar-refractivity contribution is -0.141. The van der Waals surface area contributed by atoms with Crippen molar-refractivity contribution in [3.63, 3.8) is 0 Å². The molecule has 1 aromatic carbocycles. The monoisotopic (exact) mass is 373 g/mol. The lowest BCUT2D eigenvalue weighted by atomic mass is 10.1. The standard InChI is InChI=1S/C16H15ClF3N3O2/c17-12-8-23(22-13(12)16(18,19)20)7-10-1-3-11(4-2-10)14(25)21-15(9-24)5-6-15/h1-4,8,24H,5-7,9H2,(H,21,25). The number of aromatic nitrogens is 2. The first kappa shape index (κ1) is 17.8. The van der Waals surface area contributed by atoms with Crippen LogP contribution < -0.4 is 5.32 Å². The Hall–Kier alpha value is -2.06. The predicted octanol–water partition coefficient (Wildman–Crippen LogP) is 2.86. The molecule has 0 unspecified atom stereocenters. The summed E-state index contributed by atoms with van der Waals surface area (Å²) < 4.78 is 39.2. The van der Waals surface area contributed by atoms with E-state index in [-0.39, 0.29) is 19.1 Å². The van der Waals surface area contributed by atoms with Crippen LogP contribution in [0, 0.1) is 0 Å². The largest absolute Gasteiger partial charge is 0.436 e. The first-order valence-corrected chi connectivity index (χ1v) is 7.93. The average molecular weight is 374 g/mol. The second kappa shape index (κ2) is 6.34. The SMILES string of the molecule is O=C(NC1(CO)CC1)c1ccc(Cn2cc(Cl)c(C(F)(F)F)n2)cc1. The van der Waals surface area contributed by atoms with Crippen molar-refractivity contribution in [3.8, 4) is 0 Å².